The number of likely N-dealkylation sites (tertiary alicyclic amines) is 1. The van der Waals surface area contributed by atoms with E-state index in [4.69, 9.17) is 9.15 Å². The molecular weight excluding hydrogens is 372 g/mol. The van der Waals surface area contributed by atoms with Crippen LogP contribution in [0.25, 0.3) is 23.1 Å². The fourth-order valence-corrected chi connectivity index (χ4v) is 4.12. The van der Waals surface area contributed by atoms with Gasteiger partial charge in [-0.2, -0.15) is 0 Å². The molecule has 158 valence electrons. The minimum Gasteiger partial charge on any atom is -0.493 e. The van der Waals surface area contributed by atoms with Crippen molar-refractivity contribution in [3.63, 3.8) is 0 Å². The first-order valence-corrected chi connectivity index (χ1v) is 10.9. The summed E-state index contributed by atoms with van der Waals surface area (Å²) in [6, 6.07) is 17.4. The van der Waals surface area contributed by atoms with Gasteiger partial charge in [0, 0.05) is 37.3 Å². The number of fused-ring (bicyclic) bond motifs is 1. The van der Waals surface area contributed by atoms with Gasteiger partial charge >= 0.3 is 0 Å². The molecule has 1 saturated heterocycles. The van der Waals surface area contributed by atoms with Crippen molar-refractivity contribution in [3.05, 3.63) is 59.9 Å². The highest BCUT2D eigenvalue weighted by Crippen LogP contribution is 2.26. The largest absolute Gasteiger partial charge is 0.493 e. The Hall–Kier alpha value is -2.72. The maximum absolute atomic E-state index is 6.01. The number of nitrogens with zero attached hydrogens (tertiary/aromatic N) is 2. The summed E-state index contributed by atoms with van der Waals surface area (Å²) in [5.74, 6) is 1.73. The van der Waals surface area contributed by atoms with E-state index in [0.717, 1.165) is 47.1 Å². The Bertz CT molecular complexity index is 988. The summed E-state index contributed by atoms with van der Waals surface area (Å²) in [5, 5.41) is 1.09. The summed E-state index contributed by atoms with van der Waals surface area (Å²) in [6.45, 7) is 1.99. The van der Waals surface area contributed by atoms with E-state index in [1.54, 1.807) is 0 Å². The summed E-state index contributed by atoms with van der Waals surface area (Å²) in [4.78, 5) is 4.57. The van der Waals surface area contributed by atoms with E-state index < -0.39 is 0 Å². The second-order valence-corrected chi connectivity index (χ2v) is 8.44. The Kier molecular flexibility index (Phi) is 6.44. The average molecular weight is 405 g/mol. The SMILES string of the molecule is CN(C)c1ccc(C=Cc2cc3ccc(OCCCC4CCCN4C)cc3o2)cc1. The zero-order chi connectivity index (χ0) is 20.9. The zero-order valence-electron chi connectivity index (χ0n) is 18.3. The van der Waals surface area contributed by atoms with Gasteiger partial charge in [0.05, 0.1) is 6.61 Å². The van der Waals surface area contributed by atoms with Crippen LogP contribution in [0.4, 0.5) is 5.69 Å². The molecule has 0 radical (unpaired) electrons. The van der Waals surface area contributed by atoms with Gasteiger partial charge < -0.3 is 19.0 Å². The van der Waals surface area contributed by atoms with Crippen molar-refractivity contribution in [2.24, 2.45) is 0 Å². The van der Waals surface area contributed by atoms with Crippen LogP contribution in [-0.2, 0) is 0 Å². The van der Waals surface area contributed by atoms with Crippen molar-refractivity contribution in [2.75, 3.05) is 39.2 Å². The summed E-state index contributed by atoms with van der Waals surface area (Å²) in [6.07, 6.45) is 9.05. The fraction of sp³-hybridized carbons (Fsp3) is 0.385. The summed E-state index contributed by atoms with van der Waals surface area (Å²) in [7, 11) is 6.32. The lowest BCUT2D eigenvalue weighted by Crippen LogP contribution is -2.25. The normalized spacial score (nSPS) is 17.2. The number of hydrogen-bond acceptors (Lipinski definition) is 4. The third kappa shape index (κ3) is 5.06. The van der Waals surface area contributed by atoms with Crippen molar-refractivity contribution in [2.45, 2.75) is 31.7 Å². The van der Waals surface area contributed by atoms with Crippen molar-refractivity contribution in [1.29, 1.82) is 0 Å². The number of anilines is 1. The van der Waals surface area contributed by atoms with Gasteiger partial charge in [0.15, 0.2) is 0 Å². The summed E-state index contributed by atoms with van der Waals surface area (Å²) < 4.78 is 12.0. The van der Waals surface area contributed by atoms with Crippen molar-refractivity contribution >= 4 is 28.8 Å². The standard InChI is InChI=1S/C26H32N2O2/c1-27(2)22-12-8-20(9-13-22)10-14-25-18-21-11-15-24(19-26(21)30-25)29-17-5-7-23-6-4-16-28(23)3/h8-15,18-19,23H,4-7,16-17H2,1-3H3. The van der Waals surface area contributed by atoms with E-state index in [1.165, 1.54) is 31.5 Å². The maximum Gasteiger partial charge on any atom is 0.138 e. The third-order valence-electron chi connectivity index (χ3n) is 5.98. The van der Waals surface area contributed by atoms with E-state index >= 15 is 0 Å². The first-order chi connectivity index (χ1) is 14.6. The lowest BCUT2D eigenvalue weighted by atomic mass is 10.1. The van der Waals surface area contributed by atoms with E-state index in [0.29, 0.717) is 0 Å². The first kappa shape index (κ1) is 20.5. The van der Waals surface area contributed by atoms with Crippen LogP contribution in [0.2, 0.25) is 0 Å². The Morgan fingerprint density at radius 1 is 1.10 bits per heavy atom. The molecule has 0 aliphatic carbocycles. The molecule has 1 fully saturated rings. The Morgan fingerprint density at radius 2 is 1.93 bits per heavy atom. The molecule has 1 aliphatic rings. The molecule has 2 aromatic carbocycles. The van der Waals surface area contributed by atoms with E-state index in [2.05, 4.69) is 59.3 Å². The Balaban J connectivity index is 1.33. The predicted molar refractivity (Wildman–Crippen MR) is 126 cm³/mol. The molecule has 4 rings (SSSR count). The molecule has 1 unspecified atom stereocenters. The molecule has 2 heterocycles. The van der Waals surface area contributed by atoms with Gasteiger partial charge in [-0.15, -0.1) is 0 Å². The molecular formula is C26H32N2O2. The van der Waals surface area contributed by atoms with Gasteiger partial charge in [-0.1, -0.05) is 18.2 Å². The van der Waals surface area contributed by atoms with Crippen LogP contribution < -0.4 is 9.64 Å². The van der Waals surface area contributed by atoms with Gasteiger partial charge in [-0.3, -0.25) is 0 Å². The first-order valence-electron chi connectivity index (χ1n) is 10.9. The summed E-state index contributed by atoms with van der Waals surface area (Å²) >= 11 is 0. The van der Waals surface area contributed by atoms with Crippen LogP contribution >= 0.6 is 0 Å². The lowest BCUT2D eigenvalue weighted by Gasteiger charge is -2.19. The summed E-state index contributed by atoms with van der Waals surface area (Å²) in [5.41, 5.74) is 3.21. The topological polar surface area (TPSA) is 28.9 Å². The van der Waals surface area contributed by atoms with Gasteiger partial charge in [0.25, 0.3) is 0 Å². The van der Waals surface area contributed by atoms with Gasteiger partial charge in [0.2, 0.25) is 0 Å². The van der Waals surface area contributed by atoms with Crippen LogP contribution in [0.15, 0.2) is 52.9 Å². The second kappa shape index (κ2) is 9.40. The van der Waals surface area contributed by atoms with Crippen molar-refractivity contribution < 1.29 is 9.15 Å². The zero-order valence-corrected chi connectivity index (χ0v) is 18.3. The van der Waals surface area contributed by atoms with Crippen LogP contribution in [-0.4, -0.2) is 45.2 Å². The number of ether oxygens (including phenoxy) is 1. The third-order valence-corrected chi connectivity index (χ3v) is 5.98. The molecule has 0 bridgehead atoms. The molecule has 3 aromatic rings. The van der Waals surface area contributed by atoms with Crippen LogP contribution in [0.5, 0.6) is 5.75 Å². The quantitative estimate of drug-likeness (QED) is 0.436. The number of benzene rings is 2. The van der Waals surface area contributed by atoms with Crippen LogP contribution in [0.1, 0.15) is 37.0 Å². The molecule has 30 heavy (non-hydrogen) atoms. The van der Waals surface area contributed by atoms with Crippen LogP contribution in [0, 0.1) is 0 Å². The Morgan fingerprint density at radius 3 is 2.67 bits per heavy atom. The van der Waals surface area contributed by atoms with Crippen molar-refractivity contribution in [3.8, 4) is 5.75 Å². The molecule has 0 saturated carbocycles. The molecule has 0 amide bonds. The average Bonchev–Trinajstić information content (AvgIpc) is 3.35. The van der Waals surface area contributed by atoms with Gasteiger partial charge in [-0.05, 0) is 81.2 Å². The Labute approximate surface area is 179 Å². The molecule has 1 aliphatic heterocycles. The number of furan rings is 1. The minimum absolute atomic E-state index is 0.731. The van der Waals surface area contributed by atoms with Crippen molar-refractivity contribution in [1.82, 2.24) is 4.90 Å². The minimum atomic E-state index is 0.731. The van der Waals surface area contributed by atoms with Gasteiger partial charge in [-0.25, -0.2) is 0 Å². The number of hydrogen-bond donors (Lipinski definition) is 0. The van der Waals surface area contributed by atoms with E-state index in [-0.39, 0.29) is 0 Å². The molecule has 0 spiro atoms. The second-order valence-electron chi connectivity index (χ2n) is 8.44. The smallest absolute Gasteiger partial charge is 0.138 e. The predicted octanol–water partition coefficient (Wildman–Crippen LogP) is 5.92. The molecule has 1 aromatic heterocycles. The lowest BCUT2D eigenvalue weighted by molar-refractivity contribution is 0.255. The van der Waals surface area contributed by atoms with Crippen LogP contribution in [0.3, 0.4) is 0 Å². The monoisotopic (exact) mass is 404 g/mol. The number of rotatable bonds is 8. The molecule has 1 atom stereocenters. The van der Waals surface area contributed by atoms with E-state index in [9.17, 15) is 0 Å². The van der Waals surface area contributed by atoms with Gasteiger partial charge in [0.1, 0.15) is 17.1 Å². The highest BCUT2D eigenvalue weighted by Gasteiger charge is 2.19. The van der Waals surface area contributed by atoms with E-state index in [1.807, 2.05) is 32.3 Å². The molecule has 0 N–H and O–H groups in total. The highest BCUT2D eigenvalue weighted by atomic mass is 16.5. The maximum atomic E-state index is 6.01. The highest BCUT2D eigenvalue weighted by molar-refractivity contribution is 5.83. The molecule has 4 heteroatoms. The molecule has 4 nitrogen and oxygen atoms in total. The fourth-order valence-electron chi connectivity index (χ4n) is 4.12.